The quantitative estimate of drug-likeness (QED) is 0.886. The van der Waals surface area contributed by atoms with Crippen LogP contribution < -0.4 is 5.32 Å². The molecule has 1 amide bonds. The van der Waals surface area contributed by atoms with E-state index < -0.39 is 23.7 Å². The van der Waals surface area contributed by atoms with Crippen LogP contribution >= 0.6 is 11.6 Å². The van der Waals surface area contributed by atoms with Crippen LogP contribution in [0, 0.1) is 5.82 Å². The molecular formula is C16H13ClFNO3. The molecule has 2 aromatic rings. The Labute approximate surface area is 131 Å². The van der Waals surface area contributed by atoms with Gasteiger partial charge in [0, 0.05) is 10.6 Å². The fourth-order valence-electron chi connectivity index (χ4n) is 1.96. The zero-order valence-electron chi connectivity index (χ0n) is 11.4. The molecule has 0 radical (unpaired) electrons. The molecule has 0 saturated carbocycles. The summed E-state index contributed by atoms with van der Waals surface area (Å²) >= 11 is 5.76. The number of carboxylic acid groups (broad SMARTS) is 1. The van der Waals surface area contributed by atoms with Crippen molar-refractivity contribution in [3.8, 4) is 0 Å². The Hall–Kier alpha value is -2.40. The third-order valence-electron chi connectivity index (χ3n) is 3.06. The van der Waals surface area contributed by atoms with Gasteiger partial charge in [0.2, 0.25) is 0 Å². The summed E-state index contributed by atoms with van der Waals surface area (Å²) in [4.78, 5) is 23.1. The lowest BCUT2D eigenvalue weighted by Gasteiger charge is -2.17. The van der Waals surface area contributed by atoms with Gasteiger partial charge in [-0.05, 0) is 42.0 Å². The third kappa shape index (κ3) is 4.30. The first-order valence-electron chi connectivity index (χ1n) is 6.49. The molecule has 114 valence electrons. The van der Waals surface area contributed by atoms with Crippen LogP contribution in [0.5, 0.6) is 0 Å². The predicted molar refractivity (Wildman–Crippen MR) is 80.3 cm³/mol. The molecule has 0 bridgehead atoms. The SMILES string of the molecule is O=C(O)CC(NC(=O)c1ccc(Cl)cc1)c1ccc(F)cc1. The molecule has 2 rings (SSSR count). The largest absolute Gasteiger partial charge is 0.481 e. The zero-order valence-corrected chi connectivity index (χ0v) is 12.2. The molecule has 2 aromatic carbocycles. The smallest absolute Gasteiger partial charge is 0.305 e. The number of carboxylic acids is 1. The summed E-state index contributed by atoms with van der Waals surface area (Å²) < 4.78 is 13.0. The van der Waals surface area contributed by atoms with E-state index in [0.29, 0.717) is 16.1 Å². The maximum atomic E-state index is 13.0. The normalized spacial score (nSPS) is 11.7. The Kier molecular flexibility index (Phi) is 5.12. The average Bonchev–Trinajstić information content (AvgIpc) is 2.47. The maximum Gasteiger partial charge on any atom is 0.305 e. The van der Waals surface area contributed by atoms with Crippen molar-refractivity contribution in [1.82, 2.24) is 5.32 Å². The monoisotopic (exact) mass is 321 g/mol. The summed E-state index contributed by atoms with van der Waals surface area (Å²) in [5.41, 5.74) is 0.882. The Morgan fingerprint density at radius 3 is 2.23 bits per heavy atom. The Morgan fingerprint density at radius 1 is 1.09 bits per heavy atom. The first-order chi connectivity index (χ1) is 10.5. The van der Waals surface area contributed by atoms with Gasteiger partial charge in [-0.1, -0.05) is 23.7 Å². The topological polar surface area (TPSA) is 66.4 Å². The van der Waals surface area contributed by atoms with Crippen LogP contribution in [0.1, 0.15) is 28.4 Å². The second-order valence-corrected chi connectivity index (χ2v) is 5.12. The highest BCUT2D eigenvalue weighted by Crippen LogP contribution is 2.19. The molecule has 0 spiro atoms. The zero-order chi connectivity index (χ0) is 16.1. The average molecular weight is 322 g/mol. The summed E-state index contributed by atoms with van der Waals surface area (Å²) in [6, 6.07) is 10.8. The first-order valence-corrected chi connectivity index (χ1v) is 6.87. The molecule has 0 fully saturated rings. The van der Waals surface area contributed by atoms with E-state index in [0.717, 1.165) is 0 Å². The highest BCUT2D eigenvalue weighted by molar-refractivity contribution is 6.30. The lowest BCUT2D eigenvalue weighted by molar-refractivity contribution is -0.137. The van der Waals surface area contributed by atoms with Crippen LogP contribution in [-0.2, 0) is 4.79 Å². The van der Waals surface area contributed by atoms with E-state index in [4.69, 9.17) is 16.7 Å². The van der Waals surface area contributed by atoms with Crippen LogP contribution in [0.2, 0.25) is 5.02 Å². The Bertz CT molecular complexity index is 671. The highest BCUT2D eigenvalue weighted by atomic mass is 35.5. The van der Waals surface area contributed by atoms with Crippen LogP contribution in [0.4, 0.5) is 4.39 Å². The van der Waals surface area contributed by atoms with Gasteiger partial charge in [-0.3, -0.25) is 9.59 Å². The number of amides is 1. The van der Waals surface area contributed by atoms with E-state index in [9.17, 15) is 14.0 Å². The van der Waals surface area contributed by atoms with Crippen molar-refractivity contribution in [2.45, 2.75) is 12.5 Å². The summed E-state index contributed by atoms with van der Waals surface area (Å²) in [5, 5.41) is 12.1. The number of aliphatic carboxylic acids is 1. The summed E-state index contributed by atoms with van der Waals surface area (Å²) in [5.74, 6) is -1.92. The second kappa shape index (κ2) is 7.04. The maximum absolute atomic E-state index is 13.0. The van der Waals surface area contributed by atoms with Crippen molar-refractivity contribution < 1.29 is 19.1 Å². The Morgan fingerprint density at radius 2 is 1.68 bits per heavy atom. The molecular weight excluding hydrogens is 309 g/mol. The fourth-order valence-corrected chi connectivity index (χ4v) is 2.09. The number of hydrogen-bond acceptors (Lipinski definition) is 2. The number of carbonyl (C=O) groups excluding carboxylic acids is 1. The van der Waals surface area contributed by atoms with Crippen LogP contribution in [0.15, 0.2) is 48.5 Å². The number of benzene rings is 2. The molecule has 0 heterocycles. The molecule has 4 nitrogen and oxygen atoms in total. The predicted octanol–water partition coefficient (Wildman–Crippen LogP) is 3.42. The van der Waals surface area contributed by atoms with Gasteiger partial charge in [0.05, 0.1) is 12.5 Å². The van der Waals surface area contributed by atoms with E-state index in [1.54, 1.807) is 24.3 Å². The van der Waals surface area contributed by atoms with Gasteiger partial charge < -0.3 is 10.4 Å². The third-order valence-corrected chi connectivity index (χ3v) is 3.31. The number of halogens is 2. The molecule has 22 heavy (non-hydrogen) atoms. The summed E-state index contributed by atoms with van der Waals surface area (Å²) in [6.07, 6.45) is -0.301. The standard InChI is InChI=1S/C16H13ClFNO3/c17-12-5-1-11(2-6-12)16(22)19-14(9-15(20)21)10-3-7-13(18)8-4-10/h1-8,14H,9H2,(H,19,22)(H,20,21). The van der Waals surface area contributed by atoms with Crippen LogP contribution in [0.25, 0.3) is 0 Å². The number of carbonyl (C=O) groups is 2. The van der Waals surface area contributed by atoms with Crippen molar-refractivity contribution in [2.75, 3.05) is 0 Å². The van der Waals surface area contributed by atoms with Gasteiger partial charge in [0.25, 0.3) is 5.91 Å². The minimum atomic E-state index is -1.06. The molecule has 0 aliphatic carbocycles. The summed E-state index contributed by atoms with van der Waals surface area (Å²) in [6.45, 7) is 0. The lowest BCUT2D eigenvalue weighted by Crippen LogP contribution is -2.30. The van der Waals surface area contributed by atoms with Crippen molar-refractivity contribution in [3.05, 3.63) is 70.5 Å². The van der Waals surface area contributed by atoms with Crippen molar-refractivity contribution in [3.63, 3.8) is 0 Å². The molecule has 0 aromatic heterocycles. The van der Waals surface area contributed by atoms with Gasteiger partial charge in [-0.15, -0.1) is 0 Å². The van der Waals surface area contributed by atoms with Gasteiger partial charge in [-0.2, -0.15) is 0 Å². The van der Waals surface area contributed by atoms with Crippen LogP contribution in [0.3, 0.4) is 0 Å². The fraction of sp³-hybridized carbons (Fsp3) is 0.125. The minimum Gasteiger partial charge on any atom is -0.481 e. The molecule has 0 aliphatic rings. The van der Waals surface area contributed by atoms with Crippen LogP contribution in [-0.4, -0.2) is 17.0 Å². The molecule has 6 heteroatoms. The molecule has 1 unspecified atom stereocenters. The van der Waals surface area contributed by atoms with E-state index in [-0.39, 0.29) is 6.42 Å². The molecule has 0 aliphatic heterocycles. The van der Waals surface area contributed by atoms with E-state index in [1.807, 2.05) is 0 Å². The van der Waals surface area contributed by atoms with Crippen molar-refractivity contribution in [1.29, 1.82) is 0 Å². The summed E-state index contributed by atoms with van der Waals surface area (Å²) in [7, 11) is 0. The number of rotatable bonds is 5. The first kappa shape index (κ1) is 16.0. The van der Waals surface area contributed by atoms with E-state index in [1.165, 1.54) is 24.3 Å². The number of hydrogen-bond donors (Lipinski definition) is 2. The minimum absolute atomic E-state index is 0.301. The van der Waals surface area contributed by atoms with Crippen molar-refractivity contribution >= 4 is 23.5 Å². The second-order valence-electron chi connectivity index (χ2n) is 4.68. The Balaban J connectivity index is 2.19. The molecule has 1 atom stereocenters. The lowest BCUT2D eigenvalue weighted by atomic mass is 10.0. The van der Waals surface area contributed by atoms with E-state index in [2.05, 4.69) is 5.32 Å². The van der Waals surface area contributed by atoms with Gasteiger partial charge in [-0.25, -0.2) is 4.39 Å². The van der Waals surface area contributed by atoms with Gasteiger partial charge in [0.1, 0.15) is 5.82 Å². The van der Waals surface area contributed by atoms with Crippen molar-refractivity contribution in [2.24, 2.45) is 0 Å². The molecule has 2 N–H and O–H groups in total. The van der Waals surface area contributed by atoms with E-state index >= 15 is 0 Å². The molecule has 0 saturated heterocycles. The van der Waals surface area contributed by atoms with Gasteiger partial charge in [0.15, 0.2) is 0 Å². The number of nitrogens with one attached hydrogen (secondary N) is 1. The highest BCUT2D eigenvalue weighted by Gasteiger charge is 2.19. The van der Waals surface area contributed by atoms with Gasteiger partial charge >= 0.3 is 5.97 Å².